The number of benzene rings is 1. The number of rotatable bonds is 5. The SMILES string of the molecule is Cl.O=S(=O)(NCC1NCCc2ccccc21)c1cnn(CC(F)(F)F)c1. The smallest absolute Gasteiger partial charge is 0.308 e. The molecule has 0 spiro atoms. The molecule has 11 heteroatoms. The highest BCUT2D eigenvalue weighted by atomic mass is 35.5. The summed E-state index contributed by atoms with van der Waals surface area (Å²) in [6, 6.07) is 7.56. The average molecular weight is 411 g/mol. The van der Waals surface area contributed by atoms with Gasteiger partial charge in [-0.2, -0.15) is 18.3 Å². The highest BCUT2D eigenvalue weighted by molar-refractivity contribution is 7.89. The molecular weight excluding hydrogens is 393 g/mol. The van der Waals surface area contributed by atoms with Crippen LogP contribution in [-0.2, 0) is 23.0 Å². The van der Waals surface area contributed by atoms with Crippen molar-refractivity contribution in [2.75, 3.05) is 13.1 Å². The summed E-state index contributed by atoms with van der Waals surface area (Å²) in [6.07, 6.45) is -1.81. The first kappa shape index (κ1) is 20.7. The molecule has 0 saturated heterocycles. The number of nitrogens with one attached hydrogen (secondary N) is 2. The van der Waals surface area contributed by atoms with Crippen LogP contribution in [0.25, 0.3) is 0 Å². The minimum Gasteiger partial charge on any atom is -0.308 e. The fourth-order valence-electron chi connectivity index (χ4n) is 2.80. The van der Waals surface area contributed by atoms with Gasteiger partial charge in [-0.15, -0.1) is 12.4 Å². The number of halogens is 4. The molecule has 0 bridgehead atoms. The van der Waals surface area contributed by atoms with E-state index in [0.717, 1.165) is 36.5 Å². The van der Waals surface area contributed by atoms with Gasteiger partial charge in [-0.25, -0.2) is 13.1 Å². The Labute approximate surface area is 155 Å². The number of hydrogen-bond acceptors (Lipinski definition) is 4. The molecule has 1 unspecified atom stereocenters. The van der Waals surface area contributed by atoms with Crippen LogP contribution in [-0.4, -0.2) is 37.5 Å². The van der Waals surface area contributed by atoms with Crippen molar-refractivity contribution in [1.29, 1.82) is 0 Å². The summed E-state index contributed by atoms with van der Waals surface area (Å²) in [5.41, 5.74) is 2.17. The van der Waals surface area contributed by atoms with Crippen LogP contribution in [0.5, 0.6) is 0 Å². The number of hydrogen-bond donors (Lipinski definition) is 2. The molecule has 1 aromatic heterocycles. The van der Waals surface area contributed by atoms with Crippen LogP contribution in [0.15, 0.2) is 41.6 Å². The molecule has 2 aromatic rings. The van der Waals surface area contributed by atoms with Gasteiger partial charge in [0.2, 0.25) is 10.0 Å². The van der Waals surface area contributed by atoms with Gasteiger partial charge in [0.1, 0.15) is 11.4 Å². The summed E-state index contributed by atoms with van der Waals surface area (Å²) in [5.74, 6) is 0. The van der Waals surface area contributed by atoms with Crippen molar-refractivity contribution >= 4 is 22.4 Å². The predicted molar refractivity (Wildman–Crippen MR) is 91.6 cm³/mol. The number of sulfonamides is 1. The quantitative estimate of drug-likeness (QED) is 0.791. The van der Waals surface area contributed by atoms with Crippen LogP contribution in [0.4, 0.5) is 13.2 Å². The normalized spacial score (nSPS) is 17.4. The van der Waals surface area contributed by atoms with Gasteiger partial charge in [0.05, 0.1) is 6.20 Å². The Balaban J connectivity index is 0.00000243. The maximum absolute atomic E-state index is 12.3. The molecule has 3 rings (SSSR count). The number of aromatic nitrogens is 2. The largest absolute Gasteiger partial charge is 0.408 e. The molecule has 26 heavy (non-hydrogen) atoms. The highest BCUT2D eigenvalue weighted by Crippen LogP contribution is 2.23. The minimum absolute atomic E-state index is 0. The summed E-state index contributed by atoms with van der Waals surface area (Å²) in [5, 5.41) is 6.70. The molecule has 0 amide bonds. The van der Waals surface area contributed by atoms with E-state index >= 15 is 0 Å². The second-order valence-electron chi connectivity index (χ2n) is 5.80. The fourth-order valence-corrected chi connectivity index (χ4v) is 3.80. The van der Waals surface area contributed by atoms with Crippen LogP contribution < -0.4 is 10.0 Å². The van der Waals surface area contributed by atoms with Gasteiger partial charge in [0.15, 0.2) is 0 Å². The van der Waals surface area contributed by atoms with Crippen LogP contribution in [0, 0.1) is 0 Å². The standard InChI is InChI=1S/C15H17F3N4O2S.ClH/c16-15(17,18)10-22-9-12(7-20-22)25(23,24)21-8-14-13-4-2-1-3-11(13)5-6-19-14;/h1-4,7,9,14,19,21H,5-6,8,10H2;1H. The Morgan fingerprint density at radius 3 is 2.77 bits per heavy atom. The number of alkyl halides is 3. The van der Waals surface area contributed by atoms with Crippen molar-refractivity contribution in [3.63, 3.8) is 0 Å². The van der Waals surface area contributed by atoms with Gasteiger partial charge in [-0.05, 0) is 24.1 Å². The third kappa shape index (κ3) is 4.97. The van der Waals surface area contributed by atoms with Crippen LogP contribution in [0.3, 0.4) is 0 Å². The van der Waals surface area contributed by atoms with Gasteiger partial charge in [-0.1, -0.05) is 24.3 Å². The zero-order valence-corrected chi connectivity index (χ0v) is 15.2. The first-order valence-electron chi connectivity index (χ1n) is 7.65. The van der Waals surface area contributed by atoms with Crippen molar-refractivity contribution in [3.8, 4) is 0 Å². The zero-order valence-electron chi connectivity index (χ0n) is 13.5. The van der Waals surface area contributed by atoms with Gasteiger partial charge in [-0.3, -0.25) is 4.68 Å². The Hall–Kier alpha value is -1.62. The van der Waals surface area contributed by atoms with Crippen molar-refractivity contribution in [2.45, 2.75) is 30.1 Å². The molecule has 1 aromatic carbocycles. The van der Waals surface area contributed by atoms with Crippen LogP contribution >= 0.6 is 12.4 Å². The van der Waals surface area contributed by atoms with Gasteiger partial charge >= 0.3 is 6.18 Å². The molecule has 1 aliphatic rings. The second kappa shape index (κ2) is 7.95. The van der Waals surface area contributed by atoms with E-state index in [2.05, 4.69) is 15.1 Å². The summed E-state index contributed by atoms with van der Waals surface area (Å²) >= 11 is 0. The predicted octanol–water partition coefficient (Wildman–Crippen LogP) is 2.03. The monoisotopic (exact) mass is 410 g/mol. The van der Waals surface area contributed by atoms with Gasteiger partial charge in [0.25, 0.3) is 0 Å². The highest BCUT2D eigenvalue weighted by Gasteiger charge is 2.29. The van der Waals surface area contributed by atoms with Gasteiger partial charge < -0.3 is 5.32 Å². The van der Waals surface area contributed by atoms with Crippen LogP contribution in [0.2, 0.25) is 0 Å². The molecule has 0 saturated carbocycles. The van der Waals surface area contributed by atoms with Crippen molar-refractivity contribution < 1.29 is 21.6 Å². The Morgan fingerprint density at radius 2 is 2.04 bits per heavy atom. The van der Waals surface area contributed by atoms with E-state index in [1.54, 1.807) is 0 Å². The molecule has 2 heterocycles. The van der Waals surface area contributed by atoms with E-state index in [-0.39, 0.29) is 29.9 Å². The van der Waals surface area contributed by atoms with Crippen molar-refractivity contribution in [3.05, 3.63) is 47.8 Å². The molecule has 1 aliphatic heterocycles. The molecule has 144 valence electrons. The lowest BCUT2D eigenvalue weighted by molar-refractivity contribution is -0.142. The second-order valence-corrected chi connectivity index (χ2v) is 7.56. The van der Waals surface area contributed by atoms with Crippen molar-refractivity contribution in [1.82, 2.24) is 19.8 Å². The average Bonchev–Trinajstić information content (AvgIpc) is 3.00. The van der Waals surface area contributed by atoms with E-state index in [4.69, 9.17) is 0 Å². The molecule has 6 nitrogen and oxygen atoms in total. The van der Waals surface area contributed by atoms with E-state index in [1.165, 1.54) is 0 Å². The molecule has 0 aliphatic carbocycles. The Kier molecular flexibility index (Phi) is 6.33. The molecule has 1 atom stereocenters. The molecular formula is C15H18ClF3N4O2S. The first-order valence-corrected chi connectivity index (χ1v) is 9.13. The van der Waals surface area contributed by atoms with Gasteiger partial charge in [0, 0.05) is 18.8 Å². The Bertz CT molecular complexity index is 855. The van der Waals surface area contributed by atoms with E-state index in [0.29, 0.717) is 4.68 Å². The summed E-state index contributed by atoms with van der Waals surface area (Å²) in [4.78, 5) is -0.291. The zero-order chi connectivity index (χ0) is 18.1. The number of fused-ring (bicyclic) bond motifs is 1. The maximum atomic E-state index is 12.3. The summed E-state index contributed by atoms with van der Waals surface area (Å²) in [6.45, 7) is -0.503. The Morgan fingerprint density at radius 1 is 1.31 bits per heavy atom. The van der Waals surface area contributed by atoms with E-state index in [1.807, 2.05) is 24.3 Å². The van der Waals surface area contributed by atoms with E-state index in [9.17, 15) is 21.6 Å². The topological polar surface area (TPSA) is 76.0 Å². The maximum Gasteiger partial charge on any atom is 0.408 e. The lowest BCUT2D eigenvalue weighted by Gasteiger charge is -2.27. The lowest BCUT2D eigenvalue weighted by Crippen LogP contribution is -2.38. The van der Waals surface area contributed by atoms with E-state index < -0.39 is 22.7 Å². The molecule has 0 fully saturated rings. The minimum atomic E-state index is -4.46. The summed E-state index contributed by atoms with van der Waals surface area (Å²) < 4.78 is 64.6. The third-order valence-corrected chi connectivity index (χ3v) is 5.33. The fraction of sp³-hybridized carbons (Fsp3) is 0.400. The molecule has 0 radical (unpaired) electrons. The first-order chi connectivity index (χ1) is 11.7. The third-order valence-electron chi connectivity index (χ3n) is 3.95. The summed E-state index contributed by atoms with van der Waals surface area (Å²) in [7, 11) is -3.94. The lowest BCUT2D eigenvalue weighted by atomic mass is 9.95. The molecule has 2 N–H and O–H groups in total. The number of nitrogens with zero attached hydrogens (tertiary/aromatic N) is 2. The van der Waals surface area contributed by atoms with Crippen LogP contribution in [0.1, 0.15) is 17.2 Å². The van der Waals surface area contributed by atoms with Crippen molar-refractivity contribution in [2.24, 2.45) is 0 Å².